The number of rotatable bonds is 1. The Labute approximate surface area is 149 Å². The third-order valence-corrected chi connectivity index (χ3v) is 9.25. The molecule has 1 heteroatoms. The van der Waals surface area contributed by atoms with E-state index in [1.807, 2.05) is 0 Å². The van der Waals surface area contributed by atoms with E-state index in [-0.39, 0.29) is 0 Å². The second-order valence-electron chi connectivity index (χ2n) is 10.5. The second kappa shape index (κ2) is 5.60. The molecule has 0 spiro atoms. The normalized spacial score (nSPS) is 55.8. The molecule has 0 bridgehead atoms. The van der Waals surface area contributed by atoms with E-state index in [1.165, 1.54) is 51.4 Å². The molecule has 4 rings (SSSR count). The van der Waals surface area contributed by atoms with Crippen LogP contribution in [0.3, 0.4) is 0 Å². The summed E-state index contributed by atoms with van der Waals surface area (Å²) in [4.78, 5) is 0. The predicted octanol–water partition coefficient (Wildman–Crippen LogP) is 6.12. The number of fused-ring (bicyclic) bond motifs is 5. The van der Waals surface area contributed by atoms with E-state index in [0.29, 0.717) is 10.8 Å². The van der Waals surface area contributed by atoms with Crippen molar-refractivity contribution in [2.75, 3.05) is 0 Å². The number of hydrogen-bond acceptors (Lipinski definition) is 1. The van der Waals surface area contributed by atoms with Crippen LogP contribution in [0, 0.1) is 34.5 Å². The molecule has 0 aromatic heterocycles. The molecule has 0 aliphatic heterocycles. The third-order valence-electron chi connectivity index (χ3n) is 9.25. The maximum atomic E-state index is 10.6. The summed E-state index contributed by atoms with van der Waals surface area (Å²) in [5.74, 6) is 3.58. The first-order valence-electron chi connectivity index (χ1n) is 10.7. The topological polar surface area (TPSA) is 20.2 Å². The molecule has 7 atom stereocenters. The fraction of sp³-hybridized carbons (Fsp3) is 0.913. The largest absolute Gasteiger partial charge is 0.390 e. The first kappa shape index (κ1) is 17.1. The molecule has 0 aromatic carbocycles. The van der Waals surface area contributed by atoms with Gasteiger partial charge in [0, 0.05) is 0 Å². The van der Waals surface area contributed by atoms with Crippen molar-refractivity contribution in [1.82, 2.24) is 0 Å². The molecule has 1 nitrogen and oxygen atoms in total. The average Bonchev–Trinajstić information content (AvgIpc) is 2.85. The second-order valence-corrected chi connectivity index (χ2v) is 10.5. The van der Waals surface area contributed by atoms with Crippen LogP contribution >= 0.6 is 0 Å². The van der Waals surface area contributed by atoms with Gasteiger partial charge in [-0.2, -0.15) is 0 Å². The van der Waals surface area contributed by atoms with Crippen LogP contribution < -0.4 is 0 Å². The molecule has 136 valence electrons. The van der Waals surface area contributed by atoms with Crippen LogP contribution in [0.1, 0.15) is 91.9 Å². The lowest BCUT2D eigenvalue weighted by Gasteiger charge is -2.61. The molecule has 4 aliphatic carbocycles. The number of aliphatic hydroxyl groups is 1. The lowest BCUT2D eigenvalue weighted by molar-refractivity contribution is -0.139. The first-order valence-corrected chi connectivity index (χ1v) is 10.7. The minimum atomic E-state index is -0.398. The van der Waals surface area contributed by atoms with Crippen LogP contribution in [0.25, 0.3) is 0 Å². The standard InChI is InChI=1S/C23H38O/c1-5-6-16-8-10-19-18-9-7-17-15-21(2,24)13-14-23(17,4)20(18)11-12-22(16,19)3/h6,17-20,24H,5,7-15H2,1-4H3/b16-6-/t17-,18-,19-,20-,21+,22+,23-/m0/s1. The van der Waals surface area contributed by atoms with Gasteiger partial charge >= 0.3 is 0 Å². The van der Waals surface area contributed by atoms with Gasteiger partial charge < -0.3 is 5.11 Å². The molecule has 4 saturated carbocycles. The molecule has 4 aliphatic rings. The van der Waals surface area contributed by atoms with E-state index in [1.54, 1.807) is 5.57 Å². The maximum Gasteiger partial charge on any atom is 0.0622 e. The SMILES string of the molecule is CC/C=C1/CC[C@H]2[C@@H]3CC[C@H]4C[C@](C)(O)CC[C@]4(C)[C@H]3CC[C@]12C. The molecule has 0 aromatic rings. The van der Waals surface area contributed by atoms with Crippen molar-refractivity contribution in [3.8, 4) is 0 Å². The quantitative estimate of drug-likeness (QED) is 0.574. The van der Waals surface area contributed by atoms with Crippen molar-refractivity contribution in [2.24, 2.45) is 34.5 Å². The van der Waals surface area contributed by atoms with Gasteiger partial charge in [-0.3, -0.25) is 0 Å². The van der Waals surface area contributed by atoms with Crippen LogP contribution in [0.2, 0.25) is 0 Å². The van der Waals surface area contributed by atoms with Gasteiger partial charge in [-0.1, -0.05) is 32.4 Å². The molecule has 0 amide bonds. The zero-order valence-electron chi connectivity index (χ0n) is 16.4. The highest BCUT2D eigenvalue weighted by Crippen LogP contribution is 2.67. The Morgan fingerprint density at radius 3 is 2.54 bits per heavy atom. The third kappa shape index (κ3) is 2.37. The predicted molar refractivity (Wildman–Crippen MR) is 101 cm³/mol. The molecule has 0 saturated heterocycles. The summed E-state index contributed by atoms with van der Waals surface area (Å²) < 4.78 is 0. The highest BCUT2D eigenvalue weighted by molar-refractivity contribution is 5.24. The fourth-order valence-corrected chi connectivity index (χ4v) is 7.86. The summed E-state index contributed by atoms with van der Waals surface area (Å²) in [7, 11) is 0. The summed E-state index contributed by atoms with van der Waals surface area (Å²) >= 11 is 0. The summed E-state index contributed by atoms with van der Waals surface area (Å²) in [6.07, 6.45) is 15.6. The maximum absolute atomic E-state index is 10.6. The Hall–Kier alpha value is -0.300. The van der Waals surface area contributed by atoms with E-state index in [4.69, 9.17) is 0 Å². The zero-order chi connectivity index (χ0) is 17.2. The number of hydrogen-bond donors (Lipinski definition) is 1. The minimum Gasteiger partial charge on any atom is -0.390 e. The Morgan fingerprint density at radius 1 is 1.00 bits per heavy atom. The minimum absolute atomic E-state index is 0.398. The Morgan fingerprint density at radius 2 is 1.79 bits per heavy atom. The first-order chi connectivity index (χ1) is 11.3. The van der Waals surface area contributed by atoms with Gasteiger partial charge in [0.2, 0.25) is 0 Å². The molecule has 1 N–H and O–H groups in total. The van der Waals surface area contributed by atoms with Gasteiger partial charge in [0.25, 0.3) is 0 Å². The van der Waals surface area contributed by atoms with Crippen molar-refractivity contribution in [3.05, 3.63) is 11.6 Å². The van der Waals surface area contributed by atoms with Crippen molar-refractivity contribution in [2.45, 2.75) is 97.5 Å². The molecule has 0 radical (unpaired) electrons. The summed E-state index contributed by atoms with van der Waals surface area (Å²) in [5.41, 5.74) is 2.42. The summed E-state index contributed by atoms with van der Waals surface area (Å²) in [6, 6.07) is 0. The Balaban J connectivity index is 1.61. The van der Waals surface area contributed by atoms with Gasteiger partial charge in [-0.05, 0) is 106 Å². The van der Waals surface area contributed by atoms with Crippen LogP contribution in [-0.2, 0) is 0 Å². The highest BCUT2D eigenvalue weighted by Gasteiger charge is 2.59. The molecular formula is C23H38O. The van der Waals surface area contributed by atoms with Crippen LogP contribution in [0.15, 0.2) is 11.6 Å². The van der Waals surface area contributed by atoms with E-state index >= 15 is 0 Å². The van der Waals surface area contributed by atoms with Gasteiger partial charge in [-0.25, -0.2) is 0 Å². The fourth-order valence-electron chi connectivity index (χ4n) is 7.86. The highest BCUT2D eigenvalue weighted by atomic mass is 16.3. The van der Waals surface area contributed by atoms with E-state index in [9.17, 15) is 5.11 Å². The molecule has 4 fully saturated rings. The van der Waals surface area contributed by atoms with E-state index in [0.717, 1.165) is 36.5 Å². The van der Waals surface area contributed by atoms with Gasteiger partial charge in [0.1, 0.15) is 0 Å². The molecule has 0 heterocycles. The Bertz CT molecular complexity index is 532. The van der Waals surface area contributed by atoms with Crippen molar-refractivity contribution in [1.29, 1.82) is 0 Å². The van der Waals surface area contributed by atoms with Gasteiger partial charge in [0.15, 0.2) is 0 Å². The smallest absolute Gasteiger partial charge is 0.0622 e. The van der Waals surface area contributed by atoms with E-state index < -0.39 is 5.60 Å². The molecular weight excluding hydrogens is 292 g/mol. The molecule has 0 unspecified atom stereocenters. The lowest BCUT2D eigenvalue weighted by atomic mass is 9.44. The lowest BCUT2D eigenvalue weighted by Crippen LogP contribution is -2.55. The van der Waals surface area contributed by atoms with Crippen LogP contribution in [-0.4, -0.2) is 10.7 Å². The summed E-state index contributed by atoms with van der Waals surface area (Å²) in [6.45, 7) is 9.58. The van der Waals surface area contributed by atoms with Crippen LogP contribution in [0.5, 0.6) is 0 Å². The Kier molecular flexibility index (Phi) is 4.00. The zero-order valence-corrected chi connectivity index (χ0v) is 16.4. The average molecular weight is 331 g/mol. The number of allylic oxidation sites excluding steroid dienone is 2. The van der Waals surface area contributed by atoms with Crippen LogP contribution in [0.4, 0.5) is 0 Å². The van der Waals surface area contributed by atoms with E-state index in [2.05, 4.69) is 33.8 Å². The van der Waals surface area contributed by atoms with Crippen molar-refractivity contribution in [3.63, 3.8) is 0 Å². The monoisotopic (exact) mass is 330 g/mol. The summed E-state index contributed by atoms with van der Waals surface area (Å²) in [5, 5.41) is 10.6. The van der Waals surface area contributed by atoms with Crippen molar-refractivity contribution < 1.29 is 5.11 Å². The van der Waals surface area contributed by atoms with Gasteiger partial charge in [0.05, 0.1) is 5.60 Å². The van der Waals surface area contributed by atoms with Gasteiger partial charge in [-0.15, -0.1) is 0 Å². The molecule has 24 heavy (non-hydrogen) atoms. The van der Waals surface area contributed by atoms with Crippen molar-refractivity contribution >= 4 is 0 Å².